The van der Waals surface area contributed by atoms with Crippen molar-refractivity contribution < 1.29 is 14.2 Å². The van der Waals surface area contributed by atoms with Crippen LogP contribution in [-0.2, 0) is 9.47 Å². The molecule has 1 saturated heterocycles. The minimum absolute atomic E-state index is 0.0766. The SMILES string of the molecule is COC1CC(Oc2ccc(C#CC(C)(C)C(C)(C)COC3CN(C)C3)nn2)C1. The molecule has 2 aliphatic rings. The first-order valence-electron chi connectivity index (χ1n) is 10.0. The van der Waals surface area contributed by atoms with Crippen molar-refractivity contribution in [1.82, 2.24) is 15.1 Å². The van der Waals surface area contributed by atoms with Gasteiger partial charge in [-0.3, -0.25) is 0 Å². The third-order valence-electron chi connectivity index (χ3n) is 6.22. The Morgan fingerprint density at radius 1 is 1.07 bits per heavy atom. The predicted molar refractivity (Wildman–Crippen MR) is 108 cm³/mol. The molecule has 0 bridgehead atoms. The maximum Gasteiger partial charge on any atom is 0.233 e. The maximum atomic E-state index is 6.07. The van der Waals surface area contributed by atoms with Gasteiger partial charge in [-0.2, -0.15) is 0 Å². The number of aromatic nitrogens is 2. The molecule has 1 saturated carbocycles. The van der Waals surface area contributed by atoms with Crippen LogP contribution in [0.2, 0.25) is 0 Å². The first-order chi connectivity index (χ1) is 13.2. The second kappa shape index (κ2) is 8.36. The second-order valence-corrected chi connectivity index (χ2v) is 9.24. The standard InChI is InChI=1S/C22H33N3O3/c1-21(2,22(3,4)15-27-19-13-25(5)14-19)10-9-16-7-8-20(24-23-16)28-18-11-17(12-18)26-6/h7-8,17-19H,11-15H2,1-6H3. The minimum Gasteiger partial charge on any atom is -0.473 e. The van der Waals surface area contributed by atoms with Crippen LogP contribution in [0, 0.1) is 22.7 Å². The van der Waals surface area contributed by atoms with Crippen LogP contribution in [0.1, 0.15) is 46.2 Å². The summed E-state index contributed by atoms with van der Waals surface area (Å²) in [5.41, 5.74) is 0.356. The van der Waals surface area contributed by atoms with Crippen LogP contribution >= 0.6 is 0 Å². The van der Waals surface area contributed by atoms with Crippen molar-refractivity contribution >= 4 is 0 Å². The van der Waals surface area contributed by atoms with Crippen LogP contribution in [0.5, 0.6) is 5.88 Å². The van der Waals surface area contributed by atoms with E-state index in [0.717, 1.165) is 25.9 Å². The molecular weight excluding hydrogens is 354 g/mol. The van der Waals surface area contributed by atoms with Crippen LogP contribution in [0.3, 0.4) is 0 Å². The highest BCUT2D eigenvalue weighted by atomic mass is 16.5. The van der Waals surface area contributed by atoms with Gasteiger partial charge in [-0.25, -0.2) is 0 Å². The van der Waals surface area contributed by atoms with E-state index < -0.39 is 0 Å². The largest absolute Gasteiger partial charge is 0.473 e. The molecule has 0 radical (unpaired) electrons. The summed E-state index contributed by atoms with van der Waals surface area (Å²) in [7, 11) is 3.84. The van der Waals surface area contributed by atoms with Gasteiger partial charge in [-0.15, -0.1) is 10.2 Å². The number of methoxy groups -OCH3 is 1. The molecule has 0 unspecified atom stereocenters. The molecule has 154 valence electrons. The molecule has 0 atom stereocenters. The van der Waals surface area contributed by atoms with Gasteiger partial charge in [0.1, 0.15) is 11.8 Å². The van der Waals surface area contributed by atoms with Gasteiger partial charge >= 0.3 is 0 Å². The number of likely N-dealkylation sites (N-methyl/N-ethyl adjacent to an activating group) is 1. The summed E-state index contributed by atoms with van der Waals surface area (Å²) in [6.45, 7) is 11.4. The summed E-state index contributed by atoms with van der Waals surface area (Å²) in [4.78, 5) is 2.26. The lowest BCUT2D eigenvalue weighted by Crippen LogP contribution is -2.51. The Hall–Kier alpha value is -1.68. The molecule has 6 nitrogen and oxygen atoms in total. The molecular formula is C22H33N3O3. The third-order valence-corrected chi connectivity index (χ3v) is 6.22. The van der Waals surface area contributed by atoms with E-state index in [-0.39, 0.29) is 16.9 Å². The Labute approximate surface area is 168 Å². The quantitative estimate of drug-likeness (QED) is 0.671. The van der Waals surface area contributed by atoms with E-state index in [9.17, 15) is 0 Å². The molecule has 28 heavy (non-hydrogen) atoms. The molecule has 0 aromatic carbocycles. The average molecular weight is 388 g/mol. The van der Waals surface area contributed by atoms with E-state index in [4.69, 9.17) is 14.2 Å². The van der Waals surface area contributed by atoms with Crippen molar-refractivity contribution in [2.75, 3.05) is 33.9 Å². The summed E-state index contributed by atoms with van der Waals surface area (Å²) in [5, 5.41) is 8.36. The number of nitrogens with zero attached hydrogens (tertiary/aromatic N) is 3. The molecule has 0 spiro atoms. The fraction of sp³-hybridized carbons (Fsp3) is 0.727. The summed E-state index contributed by atoms with van der Waals surface area (Å²) >= 11 is 0. The topological polar surface area (TPSA) is 56.7 Å². The molecule has 1 aromatic heterocycles. The highest BCUT2D eigenvalue weighted by Crippen LogP contribution is 2.38. The summed E-state index contributed by atoms with van der Waals surface area (Å²) in [6.07, 6.45) is 2.64. The normalized spacial score (nSPS) is 23.4. The lowest BCUT2D eigenvalue weighted by molar-refractivity contribution is -0.0855. The van der Waals surface area contributed by atoms with Crippen molar-refractivity contribution in [2.45, 2.75) is 58.8 Å². The van der Waals surface area contributed by atoms with E-state index in [1.54, 1.807) is 7.11 Å². The highest BCUT2D eigenvalue weighted by molar-refractivity contribution is 5.30. The average Bonchev–Trinajstić information content (AvgIpc) is 2.59. The molecule has 1 aliphatic carbocycles. The first-order valence-corrected chi connectivity index (χ1v) is 10.0. The third kappa shape index (κ3) is 5.02. The van der Waals surface area contributed by atoms with Gasteiger partial charge in [0.25, 0.3) is 0 Å². The Kier molecular flexibility index (Phi) is 6.28. The molecule has 0 N–H and O–H groups in total. The number of likely N-dealkylation sites (tertiary alicyclic amines) is 1. The van der Waals surface area contributed by atoms with Gasteiger partial charge in [0.05, 0.1) is 18.8 Å². The first kappa shape index (κ1) is 21.0. The smallest absolute Gasteiger partial charge is 0.233 e. The fourth-order valence-electron chi connectivity index (χ4n) is 3.07. The summed E-state index contributed by atoms with van der Waals surface area (Å²) in [6, 6.07) is 3.71. The van der Waals surface area contributed by atoms with E-state index in [2.05, 4.69) is 61.7 Å². The maximum absolute atomic E-state index is 6.07. The monoisotopic (exact) mass is 387 g/mol. The number of hydrogen-bond acceptors (Lipinski definition) is 6. The molecule has 6 heteroatoms. The van der Waals surface area contributed by atoms with Crippen LogP contribution in [0.15, 0.2) is 12.1 Å². The highest BCUT2D eigenvalue weighted by Gasteiger charge is 2.37. The van der Waals surface area contributed by atoms with E-state index >= 15 is 0 Å². The summed E-state index contributed by atoms with van der Waals surface area (Å²) < 4.78 is 17.1. The van der Waals surface area contributed by atoms with Gasteiger partial charge in [0.2, 0.25) is 5.88 Å². The zero-order valence-electron chi connectivity index (χ0n) is 18.0. The summed E-state index contributed by atoms with van der Waals surface area (Å²) in [5.74, 6) is 7.10. The lowest BCUT2D eigenvalue weighted by atomic mass is 9.69. The number of hydrogen-bond donors (Lipinski definition) is 0. The van der Waals surface area contributed by atoms with Crippen molar-refractivity contribution in [2.24, 2.45) is 10.8 Å². The number of rotatable bonds is 7. The van der Waals surface area contributed by atoms with Gasteiger partial charge in [0.15, 0.2) is 0 Å². The van der Waals surface area contributed by atoms with Gasteiger partial charge in [-0.1, -0.05) is 19.8 Å². The van der Waals surface area contributed by atoms with E-state index in [1.165, 1.54) is 0 Å². The Balaban J connectivity index is 1.53. The minimum atomic E-state index is -0.222. The van der Waals surface area contributed by atoms with Crippen LogP contribution in [0.4, 0.5) is 0 Å². The van der Waals surface area contributed by atoms with Gasteiger partial charge in [0, 0.05) is 49.9 Å². The molecule has 2 heterocycles. The Morgan fingerprint density at radius 2 is 1.79 bits per heavy atom. The Morgan fingerprint density at radius 3 is 2.36 bits per heavy atom. The van der Waals surface area contributed by atoms with Crippen molar-refractivity contribution in [1.29, 1.82) is 0 Å². The van der Waals surface area contributed by atoms with E-state index in [0.29, 0.717) is 30.4 Å². The second-order valence-electron chi connectivity index (χ2n) is 9.24. The van der Waals surface area contributed by atoms with Crippen LogP contribution < -0.4 is 4.74 Å². The lowest BCUT2D eigenvalue weighted by Gasteiger charge is -2.42. The van der Waals surface area contributed by atoms with Crippen molar-refractivity contribution in [3.05, 3.63) is 17.8 Å². The van der Waals surface area contributed by atoms with Crippen molar-refractivity contribution in [3.8, 4) is 17.7 Å². The van der Waals surface area contributed by atoms with Crippen LogP contribution in [0.25, 0.3) is 0 Å². The molecule has 3 rings (SSSR count). The molecule has 1 aromatic rings. The molecule has 2 fully saturated rings. The fourth-order valence-corrected chi connectivity index (χ4v) is 3.07. The zero-order valence-corrected chi connectivity index (χ0v) is 18.0. The zero-order chi connectivity index (χ0) is 20.4. The molecule has 0 amide bonds. The predicted octanol–water partition coefficient (Wildman–Crippen LogP) is 2.77. The van der Waals surface area contributed by atoms with Gasteiger partial charge in [-0.05, 0) is 32.9 Å². The van der Waals surface area contributed by atoms with Crippen molar-refractivity contribution in [3.63, 3.8) is 0 Å². The van der Waals surface area contributed by atoms with E-state index in [1.807, 2.05) is 12.1 Å². The van der Waals surface area contributed by atoms with Crippen LogP contribution in [-0.4, -0.2) is 67.3 Å². The molecule has 1 aliphatic heterocycles. The van der Waals surface area contributed by atoms with Gasteiger partial charge < -0.3 is 19.1 Å². The number of ether oxygens (including phenoxy) is 3. The Bertz CT molecular complexity index is 709.